The number of benzene rings is 3. The van der Waals surface area contributed by atoms with Crippen molar-refractivity contribution >= 4 is 35.9 Å². The Morgan fingerprint density at radius 3 is 2.20 bits per heavy atom. The highest BCUT2D eigenvalue weighted by Crippen LogP contribution is 2.62. The van der Waals surface area contributed by atoms with Crippen molar-refractivity contribution in [3.63, 3.8) is 0 Å². The van der Waals surface area contributed by atoms with Crippen LogP contribution in [-0.4, -0.2) is 46.7 Å². The lowest BCUT2D eigenvalue weighted by molar-refractivity contribution is -0.384. The topological polar surface area (TPSA) is 88.5 Å². The Morgan fingerprint density at radius 1 is 0.875 bits per heavy atom. The van der Waals surface area contributed by atoms with E-state index >= 15 is 0 Å². The van der Waals surface area contributed by atoms with Gasteiger partial charge < -0.3 is 9.30 Å². The van der Waals surface area contributed by atoms with Crippen molar-refractivity contribution in [3.05, 3.63) is 111 Å². The number of fused-ring (bicyclic) bond motifs is 1. The Bertz CT molecular complexity index is 1640. The number of morpholine rings is 1. The summed E-state index contributed by atoms with van der Waals surface area (Å²) in [6.07, 6.45) is 1.96. The normalized spacial score (nSPS) is 18.9. The molecule has 0 saturated carbocycles. The van der Waals surface area contributed by atoms with E-state index in [0.717, 1.165) is 33.6 Å². The number of nitrogens with zero attached hydrogens (tertiary/aromatic N) is 6. The van der Waals surface area contributed by atoms with Crippen LogP contribution in [0.25, 0.3) is 5.69 Å². The quantitative estimate of drug-likeness (QED) is 0.160. The van der Waals surface area contributed by atoms with Gasteiger partial charge in [-0.3, -0.25) is 10.1 Å². The van der Waals surface area contributed by atoms with Gasteiger partial charge in [-0.25, -0.2) is 14.2 Å². The van der Waals surface area contributed by atoms with Crippen molar-refractivity contribution in [2.45, 2.75) is 20.8 Å². The number of hydrazone groups is 1. The van der Waals surface area contributed by atoms with Gasteiger partial charge in [0.25, 0.3) is 5.69 Å². The minimum Gasteiger partial charge on any atom is -0.379 e. The second kappa shape index (κ2) is 10.5. The molecule has 2 aliphatic heterocycles. The molecular formula is C30H31N6O3P. The second-order valence-corrected chi connectivity index (χ2v) is 12.7. The highest BCUT2D eigenvalue weighted by molar-refractivity contribution is 7.73. The minimum atomic E-state index is -2.80. The molecule has 0 amide bonds. The molecule has 4 aromatic rings. The zero-order valence-electron chi connectivity index (χ0n) is 22.8. The van der Waals surface area contributed by atoms with Gasteiger partial charge in [0.05, 0.1) is 41.0 Å². The van der Waals surface area contributed by atoms with E-state index in [-0.39, 0.29) is 10.6 Å². The largest absolute Gasteiger partial charge is 0.379 e. The number of anilines is 1. The molecule has 3 aromatic carbocycles. The Hall–Kier alpha value is -4.04. The fourth-order valence-electron chi connectivity index (χ4n) is 5.58. The van der Waals surface area contributed by atoms with Crippen molar-refractivity contribution in [2.75, 3.05) is 31.1 Å². The van der Waals surface area contributed by atoms with Gasteiger partial charge in [0.2, 0.25) is 0 Å². The number of ether oxygens (including phenoxy) is 1. The van der Waals surface area contributed by atoms with Gasteiger partial charge in [0, 0.05) is 47.9 Å². The summed E-state index contributed by atoms with van der Waals surface area (Å²) in [7, 11) is -2.80. The lowest BCUT2D eigenvalue weighted by Gasteiger charge is -2.45. The lowest BCUT2D eigenvalue weighted by atomic mass is 10.2. The molecule has 1 atom stereocenters. The number of hydrogen-bond acceptors (Lipinski definition) is 5. The van der Waals surface area contributed by atoms with Crippen molar-refractivity contribution < 1.29 is 9.66 Å². The SMILES string of the molecule is Cc1ccc(-n2c(C)c3c(c2C)[P@](=Nc2ccc([N+](=O)[O-])cc2)(N2CCOCC2)N(c2ccccc2)N=C3)cc1. The van der Waals surface area contributed by atoms with Crippen LogP contribution in [0.15, 0.2) is 88.7 Å². The molecule has 10 heteroatoms. The third-order valence-corrected chi connectivity index (χ3v) is 11.2. The van der Waals surface area contributed by atoms with Crippen molar-refractivity contribution in [2.24, 2.45) is 9.85 Å². The van der Waals surface area contributed by atoms with Gasteiger partial charge in [0.1, 0.15) is 0 Å². The van der Waals surface area contributed by atoms with Gasteiger partial charge in [-0.1, -0.05) is 35.9 Å². The molecule has 3 heterocycles. The Kier molecular flexibility index (Phi) is 6.88. The summed E-state index contributed by atoms with van der Waals surface area (Å²) in [5, 5.41) is 17.6. The maximum Gasteiger partial charge on any atom is 0.269 e. The third kappa shape index (κ3) is 4.36. The number of hydrogen-bond donors (Lipinski definition) is 0. The molecule has 0 N–H and O–H groups in total. The van der Waals surface area contributed by atoms with Gasteiger partial charge in [-0.15, -0.1) is 0 Å². The molecule has 1 saturated heterocycles. The second-order valence-electron chi connectivity index (χ2n) is 9.98. The van der Waals surface area contributed by atoms with Crippen LogP contribution in [0.2, 0.25) is 0 Å². The van der Waals surface area contributed by atoms with Crippen LogP contribution < -0.4 is 10.1 Å². The monoisotopic (exact) mass is 554 g/mol. The zero-order valence-corrected chi connectivity index (χ0v) is 23.7. The first kappa shape index (κ1) is 26.2. The molecule has 0 unspecified atom stereocenters. The Morgan fingerprint density at radius 2 is 1.55 bits per heavy atom. The van der Waals surface area contributed by atoms with Crippen LogP contribution in [0.1, 0.15) is 22.5 Å². The predicted octanol–water partition coefficient (Wildman–Crippen LogP) is 6.49. The minimum absolute atomic E-state index is 0.0394. The molecule has 1 fully saturated rings. The maximum atomic E-state index is 11.4. The fraction of sp³-hybridized carbons (Fsp3) is 0.233. The number of aryl methyl sites for hydroxylation is 1. The molecule has 1 aromatic heterocycles. The highest BCUT2D eigenvalue weighted by atomic mass is 31.2. The van der Waals surface area contributed by atoms with Gasteiger partial charge in [0.15, 0.2) is 7.36 Å². The molecule has 9 nitrogen and oxygen atoms in total. The first-order valence-electron chi connectivity index (χ1n) is 13.3. The van der Waals surface area contributed by atoms with E-state index in [2.05, 4.69) is 71.2 Å². The molecule has 0 radical (unpaired) electrons. The Balaban J connectivity index is 1.68. The van der Waals surface area contributed by atoms with Crippen LogP contribution >= 0.6 is 7.36 Å². The average Bonchev–Trinajstić information content (AvgIpc) is 3.24. The number of para-hydroxylation sites is 1. The van der Waals surface area contributed by atoms with Gasteiger partial charge in [-0.05, 0) is 57.2 Å². The third-order valence-electron chi connectivity index (χ3n) is 7.50. The van der Waals surface area contributed by atoms with Crippen molar-refractivity contribution in [3.8, 4) is 5.69 Å². The van der Waals surface area contributed by atoms with Gasteiger partial charge in [-0.2, -0.15) is 5.10 Å². The van der Waals surface area contributed by atoms with Crippen LogP contribution in [0.5, 0.6) is 0 Å². The van der Waals surface area contributed by atoms with Crippen LogP contribution in [-0.2, 0) is 4.74 Å². The smallest absolute Gasteiger partial charge is 0.269 e. The maximum absolute atomic E-state index is 11.4. The molecule has 0 spiro atoms. The van der Waals surface area contributed by atoms with E-state index in [4.69, 9.17) is 14.6 Å². The van der Waals surface area contributed by atoms with Crippen LogP contribution in [0.3, 0.4) is 0 Å². The highest BCUT2D eigenvalue weighted by Gasteiger charge is 2.45. The molecule has 0 bridgehead atoms. The first-order valence-corrected chi connectivity index (χ1v) is 14.9. The summed E-state index contributed by atoms with van der Waals surface area (Å²) in [6.45, 7) is 8.95. The molecule has 40 heavy (non-hydrogen) atoms. The summed E-state index contributed by atoms with van der Waals surface area (Å²) in [5.74, 6) is 0. The first-order chi connectivity index (χ1) is 19.4. The van der Waals surface area contributed by atoms with Crippen LogP contribution in [0, 0.1) is 30.9 Å². The zero-order chi connectivity index (χ0) is 27.9. The fourth-order valence-corrected chi connectivity index (χ4v) is 9.51. The molecule has 2 aliphatic rings. The standard InChI is InChI=1S/C30H31N6O3P/c1-22-9-13-26(14-10-22)34-23(2)29-21-31-35(27-7-5-4-6-8-27)40(30(29)24(34)3,33-17-19-39-20-18-33)32-25-11-15-28(16-12-25)36(37)38/h4-16,21H,17-20H2,1-3H3/t40-/m0/s1. The predicted molar refractivity (Wildman–Crippen MR) is 161 cm³/mol. The van der Waals surface area contributed by atoms with Crippen molar-refractivity contribution in [1.29, 1.82) is 0 Å². The molecule has 204 valence electrons. The summed E-state index contributed by atoms with van der Waals surface area (Å²) < 4.78 is 18.2. The summed E-state index contributed by atoms with van der Waals surface area (Å²) in [5.41, 5.74) is 7.22. The Labute approximate surface area is 233 Å². The van der Waals surface area contributed by atoms with E-state index in [1.165, 1.54) is 17.7 Å². The molecular weight excluding hydrogens is 523 g/mol. The summed E-state index contributed by atoms with van der Waals surface area (Å²) >= 11 is 0. The summed E-state index contributed by atoms with van der Waals surface area (Å²) in [4.78, 5) is 11.0. The van der Waals surface area contributed by atoms with Crippen LogP contribution in [0.4, 0.5) is 17.1 Å². The van der Waals surface area contributed by atoms with E-state index in [0.29, 0.717) is 32.0 Å². The number of aromatic nitrogens is 1. The van der Waals surface area contributed by atoms with E-state index in [1.54, 1.807) is 12.1 Å². The van der Waals surface area contributed by atoms with Crippen molar-refractivity contribution in [1.82, 2.24) is 9.24 Å². The average molecular weight is 555 g/mol. The summed E-state index contributed by atoms with van der Waals surface area (Å²) in [6, 6.07) is 25.2. The molecule has 0 aliphatic carbocycles. The lowest BCUT2D eigenvalue weighted by Crippen LogP contribution is -2.44. The number of nitro benzene ring substituents is 1. The number of rotatable bonds is 5. The number of non-ortho nitro benzene ring substituents is 1. The van der Waals surface area contributed by atoms with Gasteiger partial charge >= 0.3 is 0 Å². The van der Waals surface area contributed by atoms with E-state index in [1.807, 2.05) is 24.4 Å². The molecule has 6 rings (SSSR count). The van der Waals surface area contributed by atoms with E-state index in [9.17, 15) is 10.1 Å². The number of nitro groups is 1. The van der Waals surface area contributed by atoms with E-state index < -0.39 is 7.36 Å².